The average molecular weight is 224 g/mol. The van der Waals surface area contributed by atoms with Crippen molar-refractivity contribution in [2.75, 3.05) is 27.5 Å². The Morgan fingerprint density at radius 2 is 1.43 bits per heavy atom. The maximum absolute atomic E-state index is 11.2. The molecule has 0 spiro atoms. The van der Waals surface area contributed by atoms with Crippen LogP contribution in [0.25, 0.3) is 0 Å². The molecule has 0 saturated carbocycles. The van der Waals surface area contributed by atoms with E-state index < -0.39 is 25.4 Å². The summed E-state index contributed by atoms with van der Waals surface area (Å²) in [7, 11) is -0.767. The molecule has 0 aromatic rings. The van der Waals surface area contributed by atoms with Crippen molar-refractivity contribution in [1.29, 1.82) is 0 Å². The van der Waals surface area contributed by atoms with E-state index in [0.717, 1.165) is 14.2 Å². The van der Waals surface area contributed by atoms with Gasteiger partial charge in [-0.1, -0.05) is 0 Å². The maximum Gasteiger partial charge on any atom is 0.347 e. The van der Waals surface area contributed by atoms with E-state index in [-0.39, 0.29) is 0 Å². The van der Waals surface area contributed by atoms with Gasteiger partial charge < -0.3 is 14.0 Å². The van der Waals surface area contributed by atoms with Crippen LogP contribution in [0.15, 0.2) is 0 Å². The van der Waals surface area contributed by atoms with Gasteiger partial charge in [-0.3, -0.25) is 4.57 Å². The molecule has 0 aromatic carbocycles. The van der Waals surface area contributed by atoms with Crippen LogP contribution in [0.1, 0.15) is 0 Å². The molecule has 0 aliphatic heterocycles. The van der Waals surface area contributed by atoms with Crippen molar-refractivity contribution in [3.63, 3.8) is 0 Å². The highest BCUT2D eigenvalue weighted by atomic mass is 31.2. The van der Waals surface area contributed by atoms with Gasteiger partial charge in [-0.15, -0.1) is 0 Å². The van der Waals surface area contributed by atoms with Crippen molar-refractivity contribution < 1.29 is 28.2 Å². The minimum Gasteiger partial charge on any atom is -0.467 e. The molecule has 0 N–H and O–H groups in total. The highest BCUT2D eigenvalue weighted by Crippen LogP contribution is 2.39. The lowest BCUT2D eigenvalue weighted by Gasteiger charge is -2.15. The van der Waals surface area contributed by atoms with Crippen molar-refractivity contribution in [3.05, 3.63) is 0 Å². The SMILES string of the molecule is COC(=O)C(OP(C)(C)=O)C(=O)OC. The molecular weight excluding hydrogens is 211 g/mol. The summed E-state index contributed by atoms with van der Waals surface area (Å²) in [5.74, 6) is -1.86. The Labute approximate surface area is 82.0 Å². The third-order valence-corrected chi connectivity index (χ3v) is 1.91. The zero-order valence-electron chi connectivity index (χ0n) is 8.47. The third-order valence-electron chi connectivity index (χ3n) is 1.19. The van der Waals surface area contributed by atoms with Crippen molar-refractivity contribution >= 4 is 19.3 Å². The molecule has 0 unspecified atom stereocenters. The van der Waals surface area contributed by atoms with Crippen LogP contribution < -0.4 is 0 Å². The molecule has 0 heterocycles. The molecule has 14 heavy (non-hydrogen) atoms. The van der Waals surface area contributed by atoms with Crippen LogP contribution in [0, 0.1) is 0 Å². The molecule has 0 aliphatic rings. The Hall–Kier alpha value is -0.870. The first-order chi connectivity index (χ1) is 6.31. The van der Waals surface area contributed by atoms with E-state index in [2.05, 4.69) is 9.47 Å². The molecule has 0 amide bonds. The number of carbonyl (C=O) groups is 2. The lowest BCUT2D eigenvalue weighted by molar-refractivity contribution is -0.163. The molecule has 0 atom stereocenters. The van der Waals surface area contributed by atoms with Crippen LogP contribution in [0.2, 0.25) is 0 Å². The largest absolute Gasteiger partial charge is 0.467 e. The minimum atomic E-state index is -2.96. The van der Waals surface area contributed by atoms with E-state index in [4.69, 9.17) is 4.52 Å². The Morgan fingerprint density at radius 1 is 1.07 bits per heavy atom. The molecule has 0 rings (SSSR count). The van der Waals surface area contributed by atoms with Crippen molar-refractivity contribution in [2.24, 2.45) is 0 Å². The van der Waals surface area contributed by atoms with Crippen molar-refractivity contribution in [2.45, 2.75) is 6.10 Å². The predicted molar refractivity (Wildman–Crippen MR) is 48.4 cm³/mol. The van der Waals surface area contributed by atoms with E-state index in [1.54, 1.807) is 0 Å². The monoisotopic (exact) mass is 224 g/mol. The van der Waals surface area contributed by atoms with Gasteiger partial charge in [-0.2, -0.15) is 0 Å². The molecule has 0 fully saturated rings. The van der Waals surface area contributed by atoms with Crippen LogP contribution in [-0.4, -0.2) is 45.6 Å². The predicted octanol–water partition coefficient (Wildman–Crippen LogP) is 0.255. The zero-order valence-corrected chi connectivity index (χ0v) is 9.37. The van der Waals surface area contributed by atoms with E-state index in [9.17, 15) is 14.2 Å². The van der Waals surface area contributed by atoms with Crippen molar-refractivity contribution in [3.8, 4) is 0 Å². The fourth-order valence-corrected chi connectivity index (χ4v) is 1.33. The average Bonchev–Trinajstić information content (AvgIpc) is 2.10. The normalized spacial score (nSPS) is 11.2. The Balaban J connectivity index is 4.66. The number of hydrogen-bond donors (Lipinski definition) is 0. The molecular formula is C7H13O6P. The van der Waals surface area contributed by atoms with Gasteiger partial charge in [0, 0.05) is 13.3 Å². The van der Waals surface area contributed by atoms with Gasteiger partial charge in [0.2, 0.25) is 0 Å². The van der Waals surface area contributed by atoms with Crippen molar-refractivity contribution in [1.82, 2.24) is 0 Å². The summed E-state index contributed by atoms with van der Waals surface area (Å²) in [6.45, 7) is 2.57. The molecule has 0 aliphatic carbocycles. The summed E-state index contributed by atoms with van der Waals surface area (Å²) in [6, 6.07) is 0. The Kier molecular flexibility index (Phi) is 4.80. The first kappa shape index (κ1) is 13.1. The van der Waals surface area contributed by atoms with Gasteiger partial charge in [0.25, 0.3) is 6.10 Å². The fraction of sp³-hybridized carbons (Fsp3) is 0.714. The molecule has 0 saturated heterocycles. The second-order valence-electron chi connectivity index (χ2n) is 2.78. The summed E-state index contributed by atoms with van der Waals surface area (Å²) in [5, 5.41) is 0. The van der Waals surface area contributed by atoms with E-state index in [1.165, 1.54) is 13.3 Å². The topological polar surface area (TPSA) is 78.9 Å². The van der Waals surface area contributed by atoms with E-state index >= 15 is 0 Å². The summed E-state index contributed by atoms with van der Waals surface area (Å²) in [5.41, 5.74) is 0. The van der Waals surface area contributed by atoms with Crippen LogP contribution in [0.5, 0.6) is 0 Å². The summed E-state index contributed by atoms with van der Waals surface area (Å²) >= 11 is 0. The summed E-state index contributed by atoms with van der Waals surface area (Å²) in [4.78, 5) is 22.0. The number of rotatable bonds is 4. The van der Waals surface area contributed by atoms with Gasteiger partial charge in [-0.25, -0.2) is 9.59 Å². The molecule has 82 valence electrons. The standard InChI is InChI=1S/C7H13O6P/c1-11-6(8)5(7(9)12-2)13-14(3,4)10/h5H,1-4H3. The Bertz CT molecular complexity index is 251. The molecule has 0 bridgehead atoms. The Morgan fingerprint density at radius 3 is 1.64 bits per heavy atom. The van der Waals surface area contributed by atoms with Gasteiger partial charge in [-0.05, 0) is 0 Å². The molecule has 6 nitrogen and oxygen atoms in total. The lowest BCUT2D eigenvalue weighted by Crippen LogP contribution is -2.34. The molecule has 7 heteroatoms. The minimum absolute atomic E-state index is 0.930. The number of methoxy groups -OCH3 is 2. The smallest absolute Gasteiger partial charge is 0.347 e. The number of esters is 2. The highest BCUT2D eigenvalue weighted by Gasteiger charge is 2.33. The lowest BCUT2D eigenvalue weighted by atomic mass is 10.4. The third kappa shape index (κ3) is 4.39. The van der Waals surface area contributed by atoms with E-state index in [1.807, 2.05) is 0 Å². The van der Waals surface area contributed by atoms with Gasteiger partial charge >= 0.3 is 11.9 Å². The molecule has 0 aromatic heterocycles. The zero-order chi connectivity index (χ0) is 11.4. The number of carbonyl (C=O) groups excluding carboxylic acids is 2. The van der Waals surface area contributed by atoms with Crippen LogP contribution >= 0.6 is 7.37 Å². The van der Waals surface area contributed by atoms with Gasteiger partial charge in [0.05, 0.1) is 14.2 Å². The first-order valence-corrected chi connectivity index (χ1v) is 6.22. The van der Waals surface area contributed by atoms with Gasteiger partial charge in [0.1, 0.15) is 0 Å². The quantitative estimate of drug-likeness (QED) is 0.387. The second-order valence-corrected chi connectivity index (χ2v) is 5.50. The number of ether oxygens (including phenoxy) is 2. The summed E-state index contributed by atoms with van der Waals surface area (Å²) in [6.07, 6.45) is -1.58. The van der Waals surface area contributed by atoms with Crippen LogP contribution in [0.3, 0.4) is 0 Å². The maximum atomic E-state index is 11.2. The van der Waals surface area contributed by atoms with Crippen LogP contribution in [-0.2, 0) is 28.2 Å². The van der Waals surface area contributed by atoms with Gasteiger partial charge in [0.15, 0.2) is 7.37 Å². The fourth-order valence-electron chi connectivity index (χ4n) is 0.650. The highest BCUT2D eigenvalue weighted by molar-refractivity contribution is 7.57. The second kappa shape index (κ2) is 5.12. The first-order valence-electron chi connectivity index (χ1n) is 3.71. The number of hydrogen-bond acceptors (Lipinski definition) is 6. The van der Waals surface area contributed by atoms with Crippen LogP contribution in [0.4, 0.5) is 0 Å². The van der Waals surface area contributed by atoms with E-state index in [0.29, 0.717) is 0 Å². The summed E-state index contributed by atoms with van der Waals surface area (Å²) < 4.78 is 24.6. The molecule has 0 radical (unpaired) electrons.